The molecule has 1 heterocycles. The molecule has 11 heavy (non-hydrogen) atoms. The van der Waals surface area contributed by atoms with Crippen molar-refractivity contribution in [1.82, 2.24) is 5.32 Å². The van der Waals surface area contributed by atoms with Gasteiger partial charge in [-0.2, -0.15) is 0 Å². The molecule has 1 amide bonds. The van der Waals surface area contributed by atoms with Gasteiger partial charge < -0.3 is 11.1 Å². The lowest BCUT2D eigenvalue weighted by molar-refractivity contribution is -0.133. The molecule has 68 valence electrons. The average molecular weight is 160 g/mol. The average Bonchev–Trinajstić information content (AvgIpc) is 1.91. The fourth-order valence-electron chi connectivity index (χ4n) is 0.723. The third-order valence-corrected chi connectivity index (χ3v) is 1.51. The maximum atomic E-state index is 10.4. The fraction of sp³-hybridized carbons (Fsp3) is 0.875. The number of hydrogen-bond donors (Lipinski definition) is 2. The Labute approximate surface area is 69.4 Å². The van der Waals surface area contributed by atoms with Crippen LogP contribution in [0.4, 0.5) is 0 Å². The zero-order valence-corrected chi connectivity index (χ0v) is 7.06. The Bertz CT molecular complexity index is 132. The van der Waals surface area contributed by atoms with Crippen molar-refractivity contribution in [2.75, 3.05) is 0 Å². The van der Waals surface area contributed by atoms with E-state index in [2.05, 4.69) is 5.32 Å². The highest BCUT2D eigenvalue weighted by Gasteiger charge is 2.43. The molecule has 3 N–H and O–H groups in total. The minimum Gasteiger partial charge on any atom is -0.348 e. The van der Waals surface area contributed by atoms with Crippen LogP contribution in [0, 0.1) is 0 Å². The van der Waals surface area contributed by atoms with E-state index in [-0.39, 0.29) is 24.9 Å². The van der Waals surface area contributed by atoms with Gasteiger partial charge in [0.1, 0.15) is 6.04 Å². The van der Waals surface area contributed by atoms with Gasteiger partial charge in [-0.25, -0.2) is 0 Å². The summed E-state index contributed by atoms with van der Waals surface area (Å²) in [4.78, 5) is 10.4. The van der Waals surface area contributed by atoms with Crippen molar-refractivity contribution in [3.05, 3.63) is 0 Å². The van der Waals surface area contributed by atoms with E-state index in [0.717, 1.165) is 0 Å². The summed E-state index contributed by atoms with van der Waals surface area (Å²) in [6.07, 6.45) is 0. The van der Waals surface area contributed by atoms with Crippen LogP contribution in [-0.2, 0) is 4.79 Å². The molecule has 0 radical (unpaired) electrons. The van der Waals surface area contributed by atoms with Crippen LogP contribution in [0.2, 0.25) is 0 Å². The summed E-state index contributed by atoms with van der Waals surface area (Å²) in [6, 6.07) is -0.303. The van der Waals surface area contributed by atoms with Gasteiger partial charge >= 0.3 is 0 Å². The van der Waals surface area contributed by atoms with Gasteiger partial charge in [0.25, 0.3) is 0 Å². The summed E-state index contributed by atoms with van der Waals surface area (Å²) in [6.45, 7) is 7.80. The third-order valence-electron chi connectivity index (χ3n) is 1.51. The zero-order valence-electron chi connectivity index (χ0n) is 7.06. The van der Waals surface area contributed by atoms with Gasteiger partial charge in [-0.1, -0.05) is 21.3 Å². The van der Waals surface area contributed by atoms with E-state index in [4.69, 9.17) is 5.73 Å². The van der Waals surface area contributed by atoms with Crippen LogP contribution in [0.25, 0.3) is 0 Å². The lowest BCUT2D eigenvalue weighted by Gasteiger charge is -2.41. The largest absolute Gasteiger partial charge is 0.348 e. The standard InChI is InChI=1S/C5H10N2O.C2H6.CH4/c1-5(2)3(6)4(8)7-5;1-2;/h3H,6H2,1-2H3,(H,7,8);1-2H3;1H4. The van der Waals surface area contributed by atoms with Crippen LogP contribution in [0.3, 0.4) is 0 Å². The van der Waals surface area contributed by atoms with Crippen LogP contribution in [0.5, 0.6) is 0 Å². The van der Waals surface area contributed by atoms with E-state index in [9.17, 15) is 4.79 Å². The van der Waals surface area contributed by atoms with Gasteiger partial charge in [0.2, 0.25) is 5.91 Å². The van der Waals surface area contributed by atoms with Crippen molar-refractivity contribution in [3.8, 4) is 0 Å². The SMILES string of the molecule is C.CC.CC1(C)NC(=O)C1N. The molecule has 0 aromatic heterocycles. The second-order valence-electron chi connectivity index (χ2n) is 2.69. The van der Waals surface area contributed by atoms with E-state index in [1.54, 1.807) is 0 Å². The Balaban J connectivity index is 0. The Morgan fingerprint density at radius 1 is 1.45 bits per heavy atom. The minimum atomic E-state index is -0.303. The smallest absolute Gasteiger partial charge is 0.239 e. The summed E-state index contributed by atoms with van der Waals surface area (Å²) >= 11 is 0. The van der Waals surface area contributed by atoms with E-state index in [1.165, 1.54) is 0 Å². The Hall–Kier alpha value is -0.570. The molecule has 3 heteroatoms. The molecule has 0 aromatic rings. The lowest BCUT2D eigenvalue weighted by atomic mass is 9.86. The Kier molecular flexibility index (Phi) is 5.15. The molecule has 1 aliphatic rings. The summed E-state index contributed by atoms with van der Waals surface area (Å²) in [5.74, 6) is -0.0463. The number of β-lactam (4-membered cyclic amide) rings is 1. The predicted molar refractivity (Wildman–Crippen MR) is 48.3 cm³/mol. The molecule has 1 unspecified atom stereocenters. The maximum Gasteiger partial charge on any atom is 0.239 e. The van der Waals surface area contributed by atoms with Crippen molar-refractivity contribution < 1.29 is 4.79 Å². The first kappa shape index (κ1) is 13.1. The third kappa shape index (κ3) is 2.50. The summed E-state index contributed by atoms with van der Waals surface area (Å²) < 4.78 is 0. The van der Waals surface area contributed by atoms with Crippen molar-refractivity contribution in [2.24, 2.45) is 5.73 Å². The number of rotatable bonds is 0. The highest BCUT2D eigenvalue weighted by Crippen LogP contribution is 2.15. The fourth-order valence-corrected chi connectivity index (χ4v) is 0.723. The lowest BCUT2D eigenvalue weighted by Crippen LogP contribution is -2.73. The first-order valence-electron chi connectivity index (χ1n) is 3.61. The van der Waals surface area contributed by atoms with Crippen molar-refractivity contribution in [2.45, 2.75) is 46.7 Å². The van der Waals surface area contributed by atoms with Crippen molar-refractivity contribution in [3.63, 3.8) is 0 Å². The number of carbonyl (C=O) groups is 1. The van der Waals surface area contributed by atoms with Crippen molar-refractivity contribution >= 4 is 5.91 Å². The first-order valence-corrected chi connectivity index (χ1v) is 3.61. The van der Waals surface area contributed by atoms with Gasteiger partial charge in [-0.05, 0) is 13.8 Å². The molecule has 0 saturated carbocycles. The van der Waals surface area contributed by atoms with Crippen LogP contribution in [0.15, 0.2) is 0 Å². The molecule has 0 aromatic carbocycles. The van der Waals surface area contributed by atoms with Crippen LogP contribution in [-0.4, -0.2) is 17.5 Å². The van der Waals surface area contributed by atoms with E-state index in [1.807, 2.05) is 27.7 Å². The van der Waals surface area contributed by atoms with E-state index in [0.29, 0.717) is 0 Å². The minimum absolute atomic E-state index is 0. The predicted octanol–water partition coefficient (Wildman–Crippen LogP) is 0.884. The number of nitrogens with one attached hydrogen (secondary N) is 1. The molecule has 0 spiro atoms. The monoisotopic (exact) mass is 160 g/mol. The van der Waals surface area contributed by atoms with E-state index >= 15 is 0 Å². The van der Waals surface area contributed by atoms with Crippen LogP contribution < -0.4 is 11.1 Å². The Morgan fingerprint density at radius 2 is 1.82 bits per heavy atom. The number of carbonyl (C=O) groups excluding carboxylic acids is 1. The number of hydrogen-bond acceptors (Lipinski definition) is 2. The van der Waals surface area contributed by atoms with Gasteiger partial charge in [0, 0.05) is 0 Å². The second-order valence-corrected chi connectivity index (χ2v) is 2.69. The van der Waals surface area contributed by atoms with E-state index < -0.39 is 0 Å². The topological polar surface area (TPSA) is 55.1 Å². The van der Waals surface area contributed by atoms with Gasteiger partial charge in [0.15, 0.2) is 0 Å². The molecule has 0 bridgehead atoms. The molecular formula is C8H20N2O. The normalized spacial score (nSPS) is 24.8. The highest BCUT2D eigenvalue weighted by atomic mass is 16.2. The molecule has 1 saturated heterocycles. The zero-order chi connectivity index (χ0) is 8.36. The molecule has 1 aliphatic heterocycles. The highest BCUT2D eigenvalue weighted by molar-refractivity contribution is 5.90. The van der Waals surface area contributed by atoms with Gasteiger partial charge in [-0.3, -0.25) is 4.79 Å². The molecule has 1 atom stereocenters. The quantitative estimate of drug-likeness (QED) is 0.517. The molecule has 0 aliphatic carbocycles. The van der Waals surface area contributed by atoms with Crippen molar-refractivity contribution in [1.29, 1.82) is 0 Å². The molecule has 1 rings (SSSR count). The molecular weight excluding hydrogens is 140 g/mol. The first-order chi connectivity index (χ1) is 4.54. The van der Waals surface area contributed by atoms with Gasteiger partial charge in [0.05, 0.1) is 5.54 Å². The summed E-state index contributed by atoms with van der Waals surface area (Å²) in [5.41, 5.74) is 5.22. The number of amides is 1. The second kappa shape index (κ2) is 4.34. The van der Waals surface area contributed by atoms with Crippen LogP contribution in [0.1, 0.15) is 35.1 Å². The maximum absolute atomic E-state index is 10.4. The van der Waals surface area contributed by atoms with Gasteiger partial charge in [-0.15, -0.1) is 0 Å². The molecule has 3 nitrogen and oxygen atoms in total. The summed E-state index contributed by atoms with van der Waals surface area (Å²) in [7, 11) is 0. The Morgan fingerprint density at radius 3 is 1.82 bits per heavy atom. The van der Waals surface area contributed by atoms with Crippen LogP contribution >= 0.6 is 0 Å². The summed E-state index contributed by atoms with van der Waals surface area (Å²) in [5, 5.41) is 2.67. The molecule has 1 fully saturated rings. The number of nitrogens with two attached hydrogens (primary N) is 1.